The molecule has 2 atom stereocenters. The number of anilines is 1. The second-order valence-corrected chi connectivity index (χ2v) is 7.93. The zero-order valence-corrected chi connectivity index (χ0v) is 14.2. The van der Waals surface area contributed by atoms with E-state index in [4.69, 9.17) is 11.6 Å². The van der Waals surface area contributed by atoms with Crippen molar-refractivity contribution in [3.63, 3.8) is 0 Å². The lowest BCUT2D eigenvalue weighted by Crippen LogP contribution is -2.35. The zero-order valence-electron chi connectivity index (χ0n) is 12.7. The predicted octanol–water partition coefficient (Wildman–Crippen LogP) is 1.35. The van der Waals surface area contributed by atoms with Crippen LogP contribution in [0.25, 0.3) is 0 Å². The van der Waals surface area contributed by atoms with Crippen LogP contribution in [0.1, 0.15) is 6.92 Å². The van der Waals surface area contributed by atoms with E-state index in [1.54, 1.807) is 7.05 Å². The Hall–Kier alpha value is -0.890. The van der Waals surface area contributed by atoms with Gasteiger partial charge in [0.1, 0.15) is 10.7 Å². The molecule has 0 bridgehead atoms. The lowest BCUT2D eigenvalue weighted by molar-refractivity contribution is 0.263. The van der Waals surface area contributed by atoms with Crippen molar-refractivity contribution in [2.75, 3.05) is 39.5 Å². The first-order valence-corrected chi connectivity index (χ1v) is 8.59. The van der Waals surface area contributed by atoms with Gasteiger partial charge in [-0.3, -0.25) is 0 Å². The zero-order chi connectivity index (χ0) is 15.8. The van der Waals surface area contributed by atoms with Gasteiger partial charge in [-0.05, 0) is 26.1 Å². The smallest absolute Gasteiger partial charge is 0.244 e. The summed E-state index contributed by atoms with van der Waals surface area (Å²) in [5.74, 6) is 0.756. The quantitative estimate of drug-likeness (QED) is 0.901. The molecule has 21 heavy (non-hydrogen) atoms. The second kappa shape index (κ2) is 6.08. The Morgan fingerprint density at radius 2 is 2.10 bits per heavy atom. The van der Waals surface area contributed by atoms with Crippen molar-refractivity contribution < 1.29 is 8.42 Å². The molecule has 118 valence electrons. The number of aromatic nitrogens is 1. The monoisotopic (exact) mass is 332 g/mol. The maximum atomic E-state index is 12.7. The molecule has 1 N–H and O–H groups in total. The Bertz CT molecular complexity index is 621. The molecular weight excluding hydrogens is 312 g/mol. The molecule has 0 radical (unpaired) electrons. The number of halogens is 1. The highest BCUT2D eigenvalue weighted by Crippen LogP contribution is 2.28. The van der Waals surface area contributed by atoms with Crippen LogP contribution in [0.3, 0.4) is 0 Å². The van der Waals surface area contributed by atoms with Crippen LogP contribution in [0.2, 0.25) is 5.02 Å². The maximum Gasteiger partial charge on any atom is 0.244 e. The van der Waals surface area contributed by atoms with Crippen LogP contribution in [0, 0.1) is 5.92 Å². The molecule has 2 unspecified atom stereocenters. The topological polar surface area (TPSA) is 65.5 Å². The Kier molecular flexibility index (Phi) is 4.77. The van der Waals surface area contributed by atoms with Crippen LogP contribution in [0.5, 0.6) is 0 Å². The predicted molar refractivity (Wildman–Crippen MR) is 84.2 cm³/mol. The Balaban J connectivity index is 2.29. The lowest BCUT2D eigenvalue weighted by atomic mass is 10.1. The summed E-state index contributed by atoms with van der Waals surface area (Å²) in [4.78, 5) is 6.25. The Morgan fingerprint density at radius 3 is 2.57 bits per heavy atom. The molecular formula is C13H21ClN4O2S. The van der Waals surface area contributed by atoms with E-state index >= 15 is 0 Å². The highest BCUT2D eigenvalue weighted by molar-refractivity contribution is 7.89. The summed E-state index contributed by atoms with van der Waals surface area (Å²) in [7, 11) is 2.07. The minimum atomic E-state index is -3.55. The van der Waals surface area contributed by atoms with Crippen molar-refractivity contribution in [1.82, 2.24) is 14.2 Å². The first-order valence-electron chi connectivity index (χ1n) is 6.77. The molecule has 1 saturated heterocycles. The van der Waals surface area contributed by atoms with Crippen molar-refractivity contribution in [1.29, 1.82) is 0 Å². The third kappa shape index (κ3) is 3.15. The largest absolute Gasteiger partial charge is 0.372 e. The molecule has 1 aliphatic rings. The highest BCUT2D eigenvalue weighted by atomic mass is 35.5. The van der Waals surface area contributed by atoms with E-state index in [0.29, 0.717) is 23.9 Å². The van der Waals surface area contributed by atoms with Gasteiger partial charge < -0.3 is 10.2 Å². The molecule has 0 aromatic carbocycles. The molecule has 0 aliphatic carbocycles. The van der Waals surface area contributed by atoms with E-state index in [1.807, 2.05) is 14.1 Å². The summed E-state index contributed by atoms with van der Waals surface area (Å²) < 4.78 is 26.9. The summed E-state index contributed by atoms with van der Waals surface area (Å²) in [6.45, 7) is 3.06. The van der Waals surface area contributed by atoms with E-state index in [-0.39, 0.29) is 16.9 Å². The van der Waals surface area contributed by atoms with E-state index in [0.717, 1.165) is 0 Å². The van der Waals surface area contributed by atoms with E-state index in [9.17, 15) is 8.42 Å². The van der Waals surface area contributed by atoms with Crippen molar-refractivity contribution in [2.45, 2.75) is 17.9 Å². The number of pyridine rings is 1. The van der Waals surface area contributed by atoms with Gasteiger partial charge in [0.15, 0.2) is 0 Å². The SMILES string of the molecule is CNc1ncc(S(=O)(=O)N2CC(C)C(N(C)C)C2)cc1Cl. The van der Waals surface area contributed by atoms with Gasteiger partial charge in [-0.1, -0.05) is 18.5 Å². The molecule has 2 rings (SSSR count). The molecule has 8 heteroatoms. The maximum absolute atomic E-state index is 12.7. The summed E-state index contributed by atoms with van der Waals surface area (Å²) in [6, 6.07) is 1.67. The molecule has 1 fully saturated rings. The third-order valence-corrected chi connectivity index (χ3v) is 5.98. The van der Waals surface area contributed by atoms with Crippen LogP contribution in [0.15, 0.2) is 17.2 Å². The van der Waals surface area contributed by atoms with Crippen LogP contribution in [0.4, 0.5) is 5.82 Å². The fourth-order valence-electron chi connectivity index (χ4n) is 2.67. The summed E-state index contributed by atoms with van der Waals surface area (Å²) >= 11 is 6.03. The van der Waals surface area contributed by atoms with Crippen molar-refractivity contribution >= 4 is 27.4 Å². The average Bonchev–Trinajstić information content (AvgIpc) is 2.81. The molecule has 1 aromatic heterocycles. The Morgan fingerprint density at radius 1 is 1.43 bits per heavy atom. The molecule has 1 aromatic rings. The van der Waals surface area contributed by atoms with E-state index in [2.05, 4.69) is 22.1 Å². The minimum Gasteiger partial charge on any atom is -0.372 e. The van der Waals surface area contributed by atoms with Gasteiger partial charge in [0.05, 0.1) is 5.02 Å². The first kappa shape index (κ1) is 16.5. The molecule has 0 saturated carbocycles. The number of likely N-dealkylation sites (N-methyl/N-ethyl adjacent to an activating group) is 1. The van der Waals surface area contributed by atoms with E-state index in [1.165, 1.54) is 16.6 Å². The number of nitrogens with one attached hydrogen (secondary N) is 1. The number of sulfonamides is 1. The normalized spacial score (nSPS) is 23.7. The van der Waals surface area contributed by atoms with Gasteiger partial charge in [-0.25, -0.2) is 13.4 Å². The molecule has 0 spiro atoms. The van der Waals surface area contributed by atoms with Gasteiger partial charge in [0.2, 0.25) is 10.0 Å². The fourth-order valence-corrected chi connectivity index (χ4v) is 4.53. The average molecular weight is 333 g/mol. The van der Waals surface area contributed by atoms with Crippen molar-refractivity contribution in [3.8, 4) is 0 Å². The van der Waals surface area contributed by atoms with Gasteiger partial charge in [0, 0.05) is 32.4 Å². The molecule has 6 nitrogen and oxygen atoms in total. The second-order valence-electron chi connectivity index (χ2n) is 5.58. The minimum absolute atomic E-state index is 0.137. The van der Waals surface area contributed by atoms with Crippen LogP contribution in [-0.4, -0.2) is 62.9 Å². The molecule has 0 amide bonds. The summed E-state index contributed by atoms with van der Waals surface area (Å²) in [5, 5.41) is 3.12. The first-order chi connectivity index (χ1) is 9.77. The number of hydrogen-bond donors (Lipinski definition) is 1. The molecule has 1 aliphatic heterocycles. The Labute approximate surface area is 131 Å². The summed E-state index contributed by atoms with van der Waals surface area (Å²) in [6.07, 6.45) is 1.35. The van der Waals surface area contributed by atoms with Crippen LogP contribution >= 0.6 is 11.6 Å². The third-order valence-electron chi connectivity index (χ3n) is 3.89. The number of hydrogen-bond acceptors (Lipinski definition) is 5. The van der Waals surface area contributed by atoms with Crippen LogP contribution < -0.4 is 5.32 Å². The van der Waals surface area contributed by atoms with Gasteiger partial charge in [0.25, 0.3) is 0 Å². The fraction of sp³-hybridized carbons (Fsp3) is 0.615. The standard InChI is InChI=1S/C13H21ClN4O2S/c1-9-7-18(8-12(9)17(3)4)21(19,20)10-5-11(14)13(15-2)16-6-10/h5-6,9,12H,7-8H2,1-4H3,(H,15,16). The number of rotatable bonds is 4. The molecule has 2 heterocycles. The number of nitrogens with zero attached hydrogens (tertiary/aromatic N) is 3. The van der Waals surface area contributed by atoms with Gasteiger partial charge >= 0.3 is 0 Å². The van der Waals surface area contributed by atoms with Gasteiger partial charge in [-0.2, -0.15) is 4.31 Å². The highest BCUT2D eigenvalue weighted by Gasteiger charge is 2.38. The lowest BCUT2D eigenvalue weighted by Gasteiger charge is -2.22. The van der Waals surface area contributed by atoms with Gasteiger partial charge in [-0.15, -0.1) is 0 Å². The van der Waals surface area contributed by atoms with E-state index < -0.39 is 10.0 Å². The van der Waals surface area contributed by atoms with Crippen LogP contribution in [-0.2, 0) is 10.0 Å². The summed E-state index contributed by atoms with van der Waals surface area (Å²) in [5.41, 5.74) is 0. The van der Waals surface area contributed by atoms with Crippen molar-refractivity contribution in [3.05, 3.63) is 17.3 Å². The van der Waals surface area contributed by atoms with Crippen molar-refractivity contribution in [2.24, 2.45) is 5.92 Å².